The van der Waals surface area contributed by atoms with Gasteiger partial charge in [-0.1, -0.05) is 35.3 Å². The Labute approximate surface area is 201 Å². The van der Waals surface area contributed by atoms with Crippen LogP contribution in [0.3, 0.4) is 0 Å². The molecule has 9 heteroatoms. The first kappa shape index (κ1) is 24.1. The largest absolute Gasteiger partial charge is 0.495 e. The third-order valence-corrected chi connectivity index (χ3v) is 5.02. The SMILES string of the molecule is COc1ccc(Cl)cc1NC(=O)C(=O)N/N=C(\C)c1ccc(OCc2ccc(Cl)cc2)cc1. The van der Waals surface area contributed by atoms with Gasteiger partial charge < -0.3 is 14.8 Å². The maximum atomic E-state index is 12.2. The number of hydrazone groups is 1. The fourth-order valence-electron chi connectivity index (χ4n) is 2.75. The van der Waals surface area contributed by atoms with Crippen LogP contribution in [0.15, 0.2) is 71.8 Å². The zero-order valence-electron chi connectivity index (χ0n) is 17.9. The van der Waals surface area contributed by atoms with Gasteiger partial charge in [-0.05, 0) is 72.6 Å². The molecule has 170 valence electrons. The van der Waals surface area contributed by atoms with Gasteiger partial charge in [-0.15, -0.1) is 0 Å². The summed E-state index contributed by atoms with van der Waals surface area (Å²) in [6.07, 6.45) is 0. The maximum absolute atomic E-state index is 12.2. The molecule has 0 bridgehead atoms. The third kappa shape index (κ3) is 6.97. The average Bonchev–Trinajstić information content (AvgIpc) is 2.82. The van der Waals surface area contributed by atoms with Crippen molar-refractivity contribution in [3.05, 3.63) is 87.9 Å². The molecule has 3 aromatic carbocycles. The molecule has 0 aromatic heterocycles. The smallest absolute Gasteiger partial charge is 0.329 e. The van der Waals surface area contributed by atoms with Gasteiger partial charge in [0.15, 0.2) is 0 Å². The topological polar surface area (TPSA) is 89.0 Å². The number of anilines is 1. The Balaban J connectivity index is 1.55. The van der Waals surface area contributed by atoms with Gasteiger partial charge in [-0.3, -0.25) is 9.59 Å². The van der Waals surface area contributed by atoms with Crippen molar-refractivity contribution < 1.29 is 19.1 Å². The van der Waals surface area contributed by atoms with Crippen LogP contribution in [0.5, 0.6) is 11.5 Å². The van der Waals surface area contributed by atoms with Gasteiger partial charge in [-0.25, -0.2) is 5.43 Å². The molecule has 3 rings (SSSR count). The number of hydrogen-bond acceptors (Lipinski definition) is 5. The van der Waals surface area contributed by atoms with E-state index in [4.69, 9.17) is 32.7 Å². The number of hydrogen-bond donors (Lipinski definition) is 2. The molecular formula is C24H21Cl2N3O4. The molecule has 2 N–H and O–H groups in total. The van der Waals surface area contributed by atoms with Crippen molar-refractivity contribution >= 4 is 46.4 Å². The second-order valence-electron chi connectivity index (χ2n) is 6.88. The van der Waals surface area contributed by atoms with E-state index in [1.807, 2.05) is 24.3 Å². The molecule has 7 nitrogen and oxygen atoms in total. The minimum absolute atomic E-state index is 0.278. The number of amides is 2. The zero-order valence-corrected chi connectivity index (χ0v) is 19.4. The molecule has 0 atom stereocenters. The predicted molar refractivity (Wildman–Crippen MR) is 129 cm³/mol. The Hall–Kier alpha value is -3.55. The Kier molecular flexibility index (Phi) is 8.29. The number of methoxy groups -OCH3 is 1. The summed E-state index contributed by atoms with van der Waals surface area (Å²) >= 11 is 11.8. The van der Waals surface area contributed by atoms with E-state index in [2.05, 4.69) is 15.8 Å². The highest BCUT2D eigenvalue weighted by Gasteiger charge is 2.16. The van der Waals surface area contributed by atoms with E-state index < -0.39 is 11.8 Å². The number of rotatable bonds is 7. The first-order chi connectivity index (χ1) is 15.9. The van der Waals surface area contributed by atoms with Gasteiger partial charge in [0, 0.05) is 10.0 Å². The van der Waals surface area contributed by atoms with Crippen LogP contribution < -0.4 is 20.2 Å². The molecular weight excluding hydrogens is 465 g/mol. The lowest BCUT2D eigenvalue weighted by molar-refractivity contribution is -0.136. The number of nitrogens with zero attached hydrogens (tertiary/aromatic N) is 1. The van der Waals surface area contributed by atoms with Crippen LogP contribution in [-0.2, 0) is 16.2 Å². The van der Waals surface area contributed by atoms with Crippen molar-refractivity contribution in [1.82, 2.24) is 5.43 Å². The molecule has 0 saturated heterocycles. The summed E-state index contributed by atoms with van der Waals surface area (Å²) in [4.78, 5) is 24.3. The van der Waals surface area contributed by atoms with E-state index in [9.17, 15) is 9.59 Å². The highest BCUT2D eigenvalue weighted by Crippen LogP contribution is 2.27. The monoisotopic (exact) mass is 485 g/mol. The summed E-state index contributed by atoms with van der Waals surface area (Å²) in [5.41, 5.74) is 4.79. The van der Waals surface area contributed by atoms with Crippen molar-refractivity contribution in [1.29, 1.82) is 0 Å². The maximum Gasteiger partial charge on any atom is 0.329 e. The summed E-state index contributed by atoms with van der Waals surface area (Å²) in [6.45, 7) is 2.12. The Morgan fingerprint density at radius 2 is 1.58 bits per heavy atom. The molecule has 2 amide bonds. The molecule has 0 spiro atoms. The number of carbonyl (C=O) groups is 2. The van der Waals surface area contributed by atoms with Crippen molar-refractivity contribution in [2.75, 3.05) is 12.4 Å². The van der Waals surface area contributed by atoms with Crippen LogP contribution >= 0.6 is 23.2 Å². The van der Waals surface area contributed by atoms with Crippen LogP contribution in [0.1, 0.15) is 18.1 Å². The van der Waals surface area contributed by atoms with Crippen molar-refractivity contribution in [3.8, 4) is 11.5 Å². The van der Waals surface area contributed by atoms with Crippen molar-refractivity contribution in [2.24, 2.45) is 5.10 Å². The average molecular weight is 486 g/mol. The molecule has 0 radical (unpaired) electrons. The summed E-state index contributed by atoms with van der Waals surface area (Å²) < 4.78 is 10.9. The van der Waals surface area contributed by atoms with Gasteiger partial charge in [0.1, 0.15) is 18.1 Å². The lowest BCUT2D eigenvalue weighted by Crippen LogP contribution is -2.33. The zero-order chi connectivity index (χ0) is 23.8. The number of halogens is 2. The van der Waals surface area contributed by atoms with E-state index in [0.29, 0.717) is 33.9 Å². The number of carbonyl (C=O) groups excluding carboxylic acids is 2. The van der Waals surface area contributed by atoms with Crippen LogP contribution in [-0.4, -0.2) is 24.6 Å². The van der Waals surface area contributed by atoms with E-state index in [-0.39, 0.29) is 5.69 Å². The summed E-state index contributed by atoms with van der Waals surface area (Å²) in [6, 6.07) is 19.3. The highest BCUT2D eigenvalue weighted by atomic mass is 35.5. The molecule has 0 aliphatic rings. The minimum atomic E-state index is -0.931. The van der Waals surface area contributed by atoms with E-state index in [1.165, 1.54) is 13.2 Å². The molecule has 0 heterocycles. The molecule has 0 saturated carbocycles. The molecule has 3 aromatic rings. The first-order valence-corrected chi connectivity index (χ1v) is 10.6. The molecule has 33 heavy (non-hydrogen) atoms. The van der Waals surface area contributed by atoms with Crippen LogP contribution in [0, 0.1) is 0 Å². The standard InChI is InChI=1S/C24H21Cl2N3O4/c1-15(17-5-10-20(11-6-17)33-14-16-3-7-18(25)8-4-16)28-29-24(31)23(30)27-21-13-19(26)9-12-22(21)32-2/h3-13H,14H2,1-2H3,(H,27,30)(H,29,31)/b28-15+. The second kappa shape index (κ2) is 11.4. The van der Waals surface area contributed by atoms with E-state index >= 15 is 0 Å². The Morgan fingerprint density at radius 3 is 2.24 bits per heavy atom. The Morgan fingerprint density at radius 1 is 0.909 bits per heavy atom. The van der Waals surface area contributed by atoms with Crippen LogP contribution in [0.4, 0.5) is 5.69 Å². The normalized spacial score (nSPS) is 11.0. The van der Waals surface area contributed by atoms with Crippen molar-refractivity contribution in [3.63, 3.8) is 0 Å². The summed E-state index contributed by atoms with van der Waals surface area (Å²) in [5.74, 6) is -0.781. The van der Waals surface area contributed by atoms with E-state index in [0.717, 1.165) is 11.1 Å². The van der Waals surface area contributed by atoms with Gasteiger partial charge in [0.2, 0.25) is 0 Å². The molecule has 0 unspecified atom stereocenters. The third-order valence-electron chi connectivity index (χ3n) is 4.53. The summed E-state index contributed by atoms with van der Waals surface area (Å²) in [5, 5.41) is 7.51. The molecule has 0 aliphatic carbocycles. The molecule has 0 fully saturated rings. The van der Waals surface area contributed by atoms with Gasteiger partial charge in [-0.2, -0.15) is 5.10 Å². The fourth-order valence-corrected chi connectivity index (χ4v) is 3.04. The highest BCUT2D eigenvalue weighted by molar-refractivity contribution is 6.40. The quantitative estimate of drug-likeness (QED) is 0.278. The van der Waals surface area contributed by atoms with Crippen LogP contribution in [0.2, 0.25) is 10.0 Å². The van der Waals surface area contributed by atoms with Crippen LogP contribution in [0.25, 0.3) is 0 Å². The lowest BCUT2D eigenvalue weighted by Gasteiger charge is -2.10. The van der Waals surface area contributed by atoms with Crippen molar-refractivity contribution in [2.45, 2.75) is 13.5 Å². The summed E-state index contributed by atoms with van der Waals surface area (Å²) in [7, 11) is 1.45. The van der Waals surface area contributed by atoms with Gasteiger partial charge in [0.05, 0.1) is 18.5 Å². The van der Waals surface area contributed by atoms with Gasteiger partial charge in [0.25, 0.3) is 0 Å². The molecule has 0 aliphatic heterocycles. The fraction of sp³-hybridized carbons (Fsp3) is 0.125. The number of nitrogens with one attached hydrogen (secondary N) is 2. The number of benzene rings is 3. The minimum Gasteiger partial charge on any atom is -0.495 e. The second-order valence-corrected chi connectivity index (χ2v) is 7.75. The van der Waals surface area contributed by atoms with Gasteiger partial charge >= 0.3 is 11.8 Å². The van der Waals surface area contributed by atoms with E-state index in [1.54, 1.807) is 43.3 Å². The Bertz CT molecular complexity index is 1160. The first-order valence-electron chi connectivity index (χ1n) is 9.82. The number of ether oxygens (including phenoxy) is 2. The predicted octanol–water partition coefficient (Wildman–Crippen LogP) is 5.06. The lowest BCUT2D eigenvalue weighted by atomic mass is 10.1.